The molecular weight excluding hydrogens is 270 g/mol. The highest BCUT2D eigenvalue weighted by atomic mass is 16.4. The lowest BCUT2D eigenvalue weighted by molar-refractivity contribution is -0.141. The van der Waals surface area contributed by atoms with Crippen molar-refractivity contribution in [3.8, 4) is 0 Å². The summed E-state index contributed by atoms with van der Waals surface area (Å²) >= 11 is 0. The molecule has 1 aromatic carbocycles. The van der Waals surface area contributed by atoms with E-state index in [1.165, 1.54) is 0 Å². The summed E-state index contributed by atoms with van der Waals surface area (Å²) < 4.78 is 0. The third-order valence-corrected chi connectivity index (χ3v) is 4.05. The summed E-state index contributed by atoms with van der Waals surface area (Å²) in [5, 5.41) is 19.7. The summed E-state index contributed by atoms with van der Waals surface area (Å²) in [6.07, 6.45) is 3.52. The van der Waals surface area contributed by atoms with Gasteiger partial charge in [-0.15, -0.1) is 0 Å². The number of hydrogen-bond acceptors (Lipinski definition) is 3. The van der Waals surface area contributed by atoms with Crippen molar-refractivity contribution in [2.75, 3.05) is 0 Å². The molecular formula is C15H17N3O3. The number of carbonyl (C=O) groups excluding carboxylic acids is 1. The Labute approximate surface area is 121 Å². The van der Waals surface area contributed by atoms with Crippen molar-refractivity contribution in [2.24, 2.45) is 5.92 Å². The highest BCUT2D eigenvalue weighted by Crippen LogP contribution is 2.26. The van der Waals surface area contributed by atoms with E-state index < -0.39 is 5.97 Å². The quantitative estimate of drug-likeness (QED) is 0.803. The molecule has 1 amide bonds. The lowest BCUT2D eigenvalue weighted by atomic mass is 10.1. The normalized spacial score (nSPS) is 21.6. The standard InChI is InChI=1S/C15H17N3O3/c1-8-4-10-7-16-18-13(10)12(5-8)14(19)17-11-3-2-9(6-11)15(20)21/h4-5,7,9,11H,2-3,6H2,1H3,(H,16,18)(H,17,19)(H,20,21)/t9-,11+/m1/s1. The lowest BCUT2D eigenvalue weighted by Crippen LogP contribution is -2.33. The molecule has 1 saturated carbocycles. The van der Waals surface area contributed by atoms with Gasteiger partial charge in [-0.05, 0) is 43.9 Å². The van der Waals surface area contributed by atoms with Gasteiger partial charge >= 0.3 is 5.97 Å². The number of benzene rings is 1. The fraction of sp³-hybridized carbons (Fsp3) is 0.400. The number of aromatic nitrogens is 2. The Kier molecular flexibility index (Phi) is 3.37. The number of aromatic amines is 1. The van der Waals surface area contributed by atoms with Gasteiger partial charge in [-0.1, -0.05) is 0 Å². The van der Waals surface area contributed by atoms with E-state index in [-0.39, 0.29) is 17.9 Å². The van der Waals surface area contributed by atoms with Crippen molar-refractivity contribution >= 4 is 22.8 Å². The highest BCUT2D eigenvalue weighted by Gasteiger charge is 2.31. The van der Waals surface area contributed by atoms with E-state index in [1.54, 1.807) is 6.20 Å². The van der Waals surface area contributed by atoms with Crippen molar-refractivity contribution in [1.29, 1.82) is 0 Å². The van der Waals surface area contributed by atoms with Gasteiger partial charge in [-0.3, -0.25) is 14.7 Å². The third kappa shape index (κ3) is 2.61. The van der Waals surface area contributed by atoms with Crippen LogP contribution in [0.4, 0.5) is 0 Å². The maximum Gasteiger partial charge on any atom is 0.306 e. The number of nitrogens with zero attached hydrogens (tertiary/aromatic N) is 1. The molecule has 1 fully saturated rings. The van der Waals surface area contributed by atoms with Crippen LogP contribution in [0.3, 0.4) is 0 Å². The molecule has 21 heavy (non-hydrogen) atoms. The summed E-state index contributed by atoms with van der Waals surface area (Å²) in [7, 11) is 0. The Balaban J connectivity index is 1.79. The molecule has 110 valence electrons. The van der Waals surface area contributed by atoms with Crippen molar-refractivity contribution in [1.82, 2.24) is 15.5 Å². The Hall–Kier alpha value is -2.37. The Morgan fingerprint density at radius 1 is 1.38 bits per heavy atom. The smallest absolute Gasteiger partial charge is 0.306 e. The second-order valence-electron chi connectivity index (χ2n) is 5.67. The largest absolute Gasteiger partial charge is 0.481 e. The van der Waals surface area contributed by atoms with Crippen LogP contribution in [0.25, 0.3) is 10.9 Å². The molecule has 0 spiro atoms. The molecule has 3 N–H and O–H groups in total. The number of H-pyrrole nitrogens is 1. The molecule has 6 heteroatoms. The molecule has 2 atom stereocenters. The van der Waals surface area contributed by atoms with E-state index in [0.29, 0.717) is 30.3 Å². The molecule has 6 nitrogen and oxygen atoms in total. The SMILES string of the molecule is Cc1cc(C(=O)N[C@H]2CC[C@@H](C(=O)O)C2)c2[nH]ncc2c1. The topological polar surface area (TPSA) is 95.1 Å². The van der Waals surface area contributed by atoms with Crippen molar-refractivity contribution in [2.45, 2.75) is 32.2 Å². The van der Waals surface area contributed by atoms with Crippen LogP contribution >= 0.6 is 0 Å². The van der Waals surface area contributed by atoms with Crippen LogP contribution in [-0.2, 0) is 4.79 Å². The molecule has 1 aliphatic carbocycles. The van der Waals surface area contributed by atoms with E-state index in [2.05, 4.69) is 15.5 Å². The monoisotopic (exact) mass is 287 g/mol. The number of nitrogens with one attached hydrogen (secondary N) is 2. The van der Waals surface area contributed by atoms with Gasteiger partial charge in [-0.25, -0.2) is 0 Å². The van der Waals surface area contributed by atoms with Gasteiger partial charge in [0.2, 0.25) is 0 Å². The molecule has 0 radical (unpaired) electrons. The van der Waals surface area contributed by atoms with Crippen molar-refractivity contribution < 1.29 is 14.7 Å². The van der Waals surface area contributed by atoms with E-state index >= 15 is 0 Å². The van der Waals surface area contributed by atoms with Gasteiger partial charge < -0.3 is 10.4 Å². The van der Waals surface area contributed by atoms with Gasteiger partial charge in [0.15, 0.2) is 0 Å². The Morgan fingerprint density at radius 3 is 2.90 bits per heavy atom. The molecule has 2 aromatic rings. The molecule has 0 aliphatic heterocycles. The average Bonchev–Trinajstić information content (AvgIpc) is 3.06. The number of fused-ring (bicyclic) bond motifs is 1. The van der Waals surface area contributed by atoms with Gasteiger partial charge in [0, 0.05) is 11.4 Å². The summed E-state index contributed by atoms with van der Waals surface area (Å²) in [6.45, 7) is 1.93. The average molecular weight is 287 g/mol. The Bertz CT molecular complexity index is 707. The van der Waals surface area contributed by atoms with Crippen LogP contribution in [0.15, 0.2) is 18.3 Å². The minimum absolute atomic E-state index is 0.0721. The van der Waals surface area contributed by atoms with Crippen LogP contribution in [0.2, 0.25) is 0 Å². The zero-order valence-electron chi connectivity index (χ0n) is 11.7. The molecule has 1 aliphatic rings. The fourth-order valence-electron chi connectivity index (χ4n) is 2.99. The van der Waals surface area contributed by atoms with Crippen LogP contribution < -0.4 is 5.32 Å². The highest BCUT2D eigenvalue weighted by molar-refractivity contribution is 6.05. The first-order chi connectivity index (χ1) is 10.0. The zero-order chi connectivity index (χ0) is 15.0. The van der Waals surface area contributed by atoms with Crippen molar-refractivity contribution in [3.63, 3.8) is 0 Å². The number of carboxylic acid groups (broad SMARTS) is 1. The third-order valence-electron chi connectivity index (χ3n) is 4.05. The molecule has 0 saturated heterocycles. The second-order valence-corrected chi connectivity index (χ2v) is 5.67. The number of rotatable bonds is 3. The number of aryl methyl sites for hydroxylation is 1. The van der Waals surface area contributed by atoms with Gasteiger partial charge in [0.05, 0.1) is 23.2 Å². The Morgan fingerprint density at radius 2 is 2.19 bits per heavy atom. The molecule has 1 heterocycles. The first kappa shape index (κ1) is 13.6. The summed E-state index contributed by atoms with van der Waals surface area (Å²) in [5.74, 6) is -1.30. The summed E-state index contributed by atoms with van der Waals surface area (Å²) in [6, 6.07) is 3.71. The minimum Gasteiger partial charge on any atom is -0.481 e. The van der Waals surface area contributed by atoms with E-state index in [4.69, 9.17) is 5.11 Å². The first-order valence-corrected chi connectivity index (χ1v) is 7.02. The molecule has 3 rings (SSSR count). The lowest BCUT2D eigenvalue weighted by Gasteiger charge is -2.13. The van der Waals surface area contributed by atoms with E-state index in [1.807, 2.05) is 19.1 Å². The summed E-state index contributed by atoms with van der Waals surface area (Å²) in [4.78, 5) is 23.4. The maximum atomic E-state index is 12.4. The summed E-state index contributed by atoms with van der Waals surface area (Å²) in [5.41, 5.74) is 2.26. The number of carbonyl (C=O) groups is 2. The fourth-order valence-corrected chi connectivity index (χ4v) is 2.99. The van der Waals surface area contributed by atoms with Crippen LogP contribution in [0, 0.1) is 12.8 Å². The van der Waals surface area contributed by atoms with Gasteiger partial charge in [0.25, 0.3) is 5.91 Å². The maximum absolute atomic E-state index is 12.4. The number of carboxylic acids is 1. The number of aliphatic carboxylic acids is 1. The zero-order valence-corrected chi connectivity index (χ0v) is 11.7. The van der Waals surface area contributed by atoms with Gasteiger partial charge in [-0.2, -0.15) is 5.10 Å². The number of hydrogen-bond donors (Lipinski definition) is 3. The molecule has 0 bridgehead atoms. The van der Waals surface area contributed by atoms with E-state index in [9.17, 15) is 9.59 Å². The molecule has 0 unspecified atom stereocenters. The molecule has 1 aromatic heterocycles. The van der Waals surface area contributed by atoms with Crippen LogP contribution in [-0.4, -0.2) is 33.2 Å². The van der Waals surface area contributed by atoms with E-state index in [0.717, 1.165) is 10.9 Å². The van der Waals surface area contributed by atoms with Crippen molar-refractivity contribution in [3.05, 3.63) is 29.5 Å². The number of amides is 1. The minimum atomic E-state index is -0.779. The van der Waals surface area contributed by atoms with Crippen LogP contribution in [0.1, 0.15) is 35.2 Å². The van der Waals surface area contributed by atoms with Crippen LogP contribution in [0.5, 0.6) is 0 Å². The predicted octanol–water partition coefficient (Wildman–Crippen LogP) is 1.85. The second kappa shape index (κ2) is 5.20. The first-order valence-electron chi connectivity index (χ1n) is 7.02. The predicted molar refractivity (Wildman–Crippen MR) is 77.1 cm³/mol. The van der Waals surface area contributed by atoms with Gasteiger partial charge in [0.1, 0.15) is 0 Å².